The number of alkyl halides is 8. The molecule has 0 radical (unpaired) electrons. The maximum atomic E-state index is 13.0. The molecule has 0 aliphatic carbocycles. The van der Waals surface area contributed by atoms with Crippen LogP contribution in [0.5, 0.6) is 5.88 Å². The molecule has 0 bridgehead atoms. The maximum absolute atomic E-state index is 13.0. The van der Waals surface area contributed by atoms with Crippen molar-refractivity contribution < 1.29 is 39.9 Å². The lowest BCUT2D eigenvalue weighted by Crippen LogP contribution is -2.42. The summed E-state index contributed by atoms with van der Waals surface area (Å²) in [5.74, 6) is -5.68. The quantitative estimate of drug-likeness (QED) is 0.568. The van der Waals surface area contributed by atoms with E-state index in [1.54, 1.807) is 0 Å². The van der Waals surface area contributed by atoms with Gasteiger partial charge in [-0.1, -0.05) is 0 Å². The largest absolute Gasteiger partial charge is 0.472 e. The highest BCUT2D eigenvalue weighted by molar-refractivity contribution is 5.62. The standard InChI is InChI=1S/C17H11F8N3O2/c1-27-13(30-8-15(18,19)17(23,24)25)5-3-10(14(27)29)11-7-28-6-9(16(20,21)22)2-4-12(28)26-11/h2-7H,8H2,1H3. The molecule has 0 aromatic carbocycles. The van der Waals surface area contributed by atoms with Crippen LogP contribution in [0.3, 0.4) is 0 Å². The number of ether oxygens (including phenoxy) is 1. The van der Waals surface area contributed by atoms with Gasteiger partial charge < -0.3 is 9.14 Å². The summed E-state index contributed by atoms with van der Waals surface area (Å²) in [5, 5.41) is 0. The molecule has 5 nitrogen and oxygen atoms in total. The highest BCUT2D eigenvalue weighted by atomic mass is 19.4. The third-order valence-electron chi connectivity index (χ3n) is 4.13. The van der Waals surface area contributed by atoms with Crippen molar-refractivity contribution in [1.29, 1.82) is 0 Å². The summed E-state index contributed by atoms with van der Waals surface area (Å²) in [6, 6.07) is 3.94. The van der Waals surface area contributed by atoms with Crippen LogP contribution in [-0.2, 0) is 13.2 Å². The van der Waals surface area contributed by atoms with Gasteiger partial charge >= 0.3 is 18.3 Å². The van der Waals surface area contributed by atoms with Gasteiger partial charge in [0.15, 0.2) is 12.5 Å². The van der Waals surface area contributed by atoms with Crippen LogP contribution in [0, 0.1) is 0 Å². The summed E-state index contributed by atoms with van der Waals surface area (Å²) in [6.45, 7) is -2.03. The first kappa shape index (κ1) is 21.6. The fraction of sp³-hybridized carbons (Fsp3) is 0.294. The molecule has 0 N–H and O–H groups in total. The van der Waals surface area contributed by atoms with Gasteiger partial charge in [-0.25, -0.2) is 4.98 Å². The van der Waals surface area contributed by atoms with E-state index in [2.05, 4.69) is 9.72 Å². The molecular formula is C17H11F8N3O2. The van der Waals surface area contributed by atoms with E-state index < -0.39 is 41.9 Å². The minimum Gasteiger partial charge on any atom is -0.472 e. The second-order valence-corrected chi connectivity index (χ2v) is 6.25. The summed E-state index contributed by atoms with van der Waals surface area (Å²) >= 11 is 0. The third-order valence-corrected chi connectivity index (χ3v) is 4.13. The number of aromatic nitrogens is 3. The van der Waals surface area contributed by atoms with Crippen LogP contribution in [-0.4, -0.2) is 32.7 Å². The molecule has 13 heteroatoms. The van der Waals surface area contributed by atoms with Crippen molar-refractivity contribution in [3.05, 3.63) is 52.6 Å². The van der Waals surface area contributed by atoms with Gasteiger partial charge in [0.1, 0.15) is 5.65 Å². The first-order chi connectivity index (χ1) is 13.7. The minimum atomic E-state index is -5.82. The summed E-state index contributed by atoms with van der Waals surface area (Å²) in [7, 11) is 1.07. The van der Waals surface area contributed by atoms with Gasteiger partial charge in [0.05, 0.1) is 16.8 Å². The Hall–Kier alpha value is -3.12. The average Bonchev–Trinajstić information content (AvgIpc) is 3.04. The van der Waals surface area contributed by atoms with Gasteiger partial charge in [-0.2, -0.15) is 35.1 Å². The van der Waals surface area contributed by atoms with Crippen molar-refractivity contribution in [2.24, 2.45) is 7.05 Å². The van der Waals surface area contributed by atoms with Gasteiger partial charge in [-0.05, 0) is 24.3 Å². The van der Waals surface area contributed by atoms with Crippen molar-refractivity contribution in [2.45, 2.75) is 18.3 Å². The van der Waals surface area contributed by atoms with Crippen molar-refractivity contribution in [3.8, 4) is 17.1 Å². The zero-order valence-corrected chi connectivity index (χ0v) is 14.9. The van der Waals surface area contributed by atoms with Crippen LogP contribution in [0.1, 0.15) is 5.56 Å². The number of halogens is 8. The predicted octanol–water partition coefficient (Wildman–Crippen LogP) is 4.30. The molecule has 3 heterocycles. The number of fused-ring (bicyclic) bond motifs is 1. The molecule has 0 fully saturated rings. The molecule has 3 aromatic heterocycles. The Morgan fingerprint density at radius 2 is 1.63 bits per heavy atom. The van der Waals surface area contributed by atoms with E-state index in [-0.39, 0.29) is 16.9 Å². The SMILES string of the molecule is Cn1c(OCC(F)(F)C(F)(F)F)ccc(-c2cn3cc(C(F)(F)F)ccc3n2)c1=O. The van der Waals surface area contributed by atoms with E-state index >= 15 is 0 Å². The number of imidazole rings is 1. The molecule has 0 saturated heterocycles. The van der Waals surface area contributed by atoms with Crippen molar-refractivity contribution in [3.63, 3.8) is 0 Å². The molecule has 0 aliphatic heterocycles. The second-order valence-electron chi connectivity index (χ2n) is 6.25. The summed E-state index contributed by atoms with van der Waals surface area (Å²) in [6.07, 6.45) is -8.49. The molecule has 3 rings (SSSR count). The van der Waals surface area contributed by atoms with Gasteiger partial charge in [-0.15, -0.1) is 0 Å². The van der Waals surface area contributed by atoms with Crippen LogP contribution >= 0.6 is 0 Å². The maximum Gasteiger partial charge on any atom is 0.456 e. The van der Waals surface area contributed by atoms with Crippen LogP contribution in [0.25, 0.3) is 16.9 Å². The van der Waals surface area contributed by atoms with E-state index in [0.717, 1.165) is 48.1 Å². The Labute approximate surface area is 162 Å². The monoisotopic (exact) mass is 441 g/mol. The minimum absolute atomic E-state index is 0.0258. The molecule has 162 valence electrons. The van der Waals surface area contributed by atoms with Crippen LogP contribution in [0.15, 0.2) is 41.5 Å². The van der Waals surface area contributed by atoms with Crippen molar-refractivity contribution in [2.75, 3.05) is 6.61 Å². The Morgan fingerprint density at radius 3 is 2.23 bits per heavy atom. The Balaban J connectivity index is 1.93. The third kappa shape index (κ3) is 3.96. The summed E-state index contributed by atoms with van der Waals surface area (Å²) in [4.78, 5) is 16.5. The number of pyridine rings is 2. The smallest absolute Gasteiger partial charge is 0.456 e. The summed E-state index contributed by atoms with van der Waals surface area (Å²) < 4.78 is 107. The molecule has 0 aliphatic rings. The lowest BCUT2D eigenvalue weighted by Gasteiger charge is -2.20. The summed E-state index contributed by atoms with van der Waals surface area (Å²) in [5.41, 5.74) is -1.85. The number of rotatable bonds is 4. The van der Waals surface area contributed by atoms with Crippen LogP contribution in [0.4, 0.5) is 35.1 Å². The molecule has 3 aromatic rings. The van der Waals surface area contributed by atoms with E-state index in [9.17, 15) is 39.9 Å². The molecule has 0 spiro atoms. The van der Waals surface area contributed by atoms with Gasteiger partial charge in [-0.3, -0.25) is 9.36 Å². The van der Waals surface area contributed by atoms with E-state index in [1.165, 1.54) is 0 Å². The second kappa shape index (κ2) is 6.99. The van der Waals surface area contributed by atoms with Gasteiger partial charge in [0.2, 0.25) is 0 Å². The van der Waals surface area contributed by atoms with E-state index in [1.807, 2.05) is 0 Å². The first-order valence-electron chi connectivity index (χ1n) is 8.04. The van der Waals surface area contributed by atoms with Gasteiger partial charge in [0, 0.05) is 19.4 Å². The fourth-order valence-electron chi connectivity index (χ4n) is 2.49. The van der Waals surface area contributed by atoms with Crippen LogP contribution < -0.4 is 10.3 Å². The first-order valence-corrected chi connectivity index (χ1v) is 8.04. The molecule has 0 unspecified atom stereocenters. The zero-order valence-electron chi connectivity index (χ0n) is 14.9. The Bertz CT molecular complexity index is 1140. The number of hydrogen-bond donors (Lipinski definition) is 0. The molecule has 0 saturated carbocycles. The molecule has 0 amide bonds. The number of hydrogen-bond acceptors (Lipinski definition) is 3. The van der Waals surface area contributed by atoms with Crippen molar-refractivity contribution >= 4 is 5.65 Å². The average molecular weight is 441 g/mol. The fourth-order valence-corrected chi connectivity index (χ4v) is 2.49. The van der Waals surface area contributed by atoms with Gasteiger partial charge in [0.25, 0.3) is 5.56 Å². The predicted molar refractivity (Wildman–Crippen MR) is 87.4 cm³/mol. The molecule has 30 heavy (non-hydrogen) atoms. The van der Waals surface area contributed by atoms with E-state index in [0.29, 0.717) is 4.57 Å². The Kier molecular flexibility index (Phi) is 5.03. The highest BCUT2D eigenvalue weighted by Gasteiger charge is 2.58. The molecule has 0 atom stereocenters. The lowest BCUT2D eigenvalue weighted by atomic mass is 10.2. The van der Waals surface area contributed by atoms with E-state index in [4.69, 9.17) is 0 Å². The zero-order chi connectivity index (χ0) is 22.5. The number of nitrogens with zero attached hydrogens (tertiary/aromatic N) is 3. The normalized spacial score (nSPS) is 13.1. The molecular weight excluding hydrogens is 430 g/mol. The highest BCUT2D eigenvalue weighted by Crippen LogP contribution is 2.35. The lowest BCUT2D eigenvalue weighted by molar-refractivity contribution is -0.290. The van der Waals surface area contributed by atoms with Crippen molar-refractivity contribution in [1.82, 2.24) is 14.0 Å². The Morgan fingerprint density at radius 1 is 0.967 bits per heavy atom. The topological polar surface area (TPSA) is 48.5 Å². The van der Waals surface area contributed by atoms with Crippen LogP contribution in [0.2, 0.25) is 0 Å².